The van der Waals surface area contributed by atoms with Crippen molar-refractivity contribution in [2.45, 2.75) is 192 Å². The van der Waals surface area contributed by atoms with Crippen LogP contribution >= 0.6 is 0 Å². The molecule has 1 fully saturated rings. The average Bonchev–Trinajstić information content (AvgIpc) is 3.40. The third-order valence-corrected chi connectivity index (χ3v) is 14.0. The number of allylic oxidation sites excluding steroid dienone is 1. The van der Waals surface area contributed by atoms with E-state index in [2.05, 4.69) is 64.4 Å². The van der Waals surface area contributed by atoms with Crippen LogP contribution in [0.3, 0.4) is 0 Å². The fourth-order valence-electron chi connectivity index (χ4n) is 9.40. The SMILES string of the molecule is CCCCCC(O)/C=C/C=NCCCC[C@H](N)C(=O)N[C@H](C(=O)NCC(=O)N1CCC[C@H]1C(=O)N[C@@H](CC(N)=O)C(=O)N[C@@H](CC(C)C)C(=O)N[C@@H](Cc1cnc[nH]1)C(=O)NCC(=O)N[C@@H](CC(C)C)C(=O)N[C@@H](Cc1ccccc1)C(=O)O)[C@@H](C)O. The van der Waals surface area contributed by atoms with Crippen LogP contribution in [-0.4, -0.2) is 188 Å². The lowest BCUT2D eigenvalue weighted by molar-refractivity contribution is -0.142. The smallest absolute Gasteiger partial charge is 0.326 e. The molecule has 1 unspecified atom stereocenters. The zero-order chi connectivity index (χ0) is 64.6. The van der Waals surface area contributed by atoms with Crippen molar-refractivity contribution in [1.82, 2.24) is 57.4 Å². The van der Waals surface area contributed by atoms with Gasteiger partial charge >= 0.3 is 5.97 Å². The highest BCUT2D eigenvalue weighted by atomic mass is 16.4. The zero-order valence-electron chi connectivity index (χ0n) is 50.8. The molecule has 1 aromatic heterocycles. The number of carbonyl (C=O) groups is 11. The fourth-order valence-corrected chi connectivity index (χ4v) is 9.40. The number of aliphatic hydroxyl groups excluding tert-OH is 2. The van der Waals surface area contributed by atoms with Gasteiger partial charge in [0.25, 0.3) is 0 Å². The van der Waals surface area contributed by atoms with Gasteiger partial charge in [0.2, 0.25) is 59.1 Å². The van der Waals surface area contributed by atoms with Crippen molar-refractivity contribution in [3.8, 4) is 0 Å². The summed E-state index contributed by atoms with van der Waals surface area (Å²) >= 11 is 0. The first-order valence-electron chi connectivity index (χ1n) is 29.8. The standard InChI is InChI=1S/C59H92N14O14/c1-7-8-10-19-40(75)20-15-24-62-23-14-13-21-41(60)52(79)72-51(37(6)74)58(85)65-33-50(78)73-25-16-22-47(73)57(84)70-45(30-48(61)76)56(83)68-43(27-36(4)5)55(82)69-44(29-39-31-63-34-66-39)53(80)64-32-49(77)67-42(26-35(2)3)54(81)71-46(59(86)87)28-38-17-11-9-12-18-38/h9,11-12,15,17-18,20,24,31,34-37,40-47,51,74-75H,7-8,10,13-14,16,19,21-23,25-30,32-33,60H2,1-6H3,(H2,61,76)(H,63,66)(H,64,80)(H,65,85)(H,67,77)(H,68,83)(H,69,82)(H,70,84)(H,71,81)(H,72,79)(H,86,87)/b20-15+,62-24?/t37-,40?,41+,42+,43+,44+,45+,46+,47+,51+/m1/s1. The van der Waals surface area contributed by atoms with E-state index >= 15 is 0 Å². The van der Waals surface area contributed by atoms with Gasteiger partial charge in [0, 0.05) is 44.0 Å². The lowest BCUT2D eigenvalue weighted by Crippen LogP contribution is -2.59. The highest BCUT2D eigenvalue weighted by Gasteiger charge is 2.38. The van der Waals surface area contributed by atoms with E-state index in [-0.39, 0.29) is 56.9 Å². The predicted molar refractivity (Wildman–Crippen MR) is 321 cm³/mol. The Bertz CT molecular complexity index is 2620. The Kier molecular flexibility index (Phi) is 32.7. The minimum Gasteiger partial charge on any atom is -0.480 e. The zero-order valence-corrected chi connectivity index (χ0v) is 50.8. The summed E-state index contributed by atoms with van der Waals surface area (Å²) in [7, 11) is 0. The first kappa shape index (κ1) is 73.1. The number of nitrogens with one attached hydrogen (secondary N) is 9. The molecule has 0 spiro atoms. The number of likely N-dealkylation sites (tertiary alicyclic amines) is 1. The quantitative estimate of drug-likeness (QED) is 0.0276. The molecule has 482 valence electrons. The summed E-state index contributed by atoms with van der Waals surface area (Å²) in [4.78, 5) is 159. The summed E-state index contributed by atoms with van der Waals surface area (Å²) in [6, 6.07) is -2.02. The van der Waals surface area contributed by atoms with E-state index in [0.29, 0.717) is 43.5 Å². The van der Waals surface area contributed by atoms with Gasteiger partial charge in [0.15, 0.2) is 0 Å². The average molecular weight is 1220 g/mol. The van der Waals surface area contributed by atoms with Crippen molar-refractivity contribution in [1.29, 1.82) is 0 Å². The number of carbonyl (C=O) groups excluding carboxylic acids is 10. The van der Waals surface area contributed by atoms with Crippen molar-refractivity contribution < 1.29 is 68.1 Å². The van der Waals surface area contributed by atoms with Crippen molar-refractivity contribution in [3.63, 3.8) is 0 Å². The number of aliphatic hydroxyl groups is 2. The summed E-state index contributed by atoms with van der Waals surface area (Å²) < 4.78 is 0. The molecule has 0 bridgehead atoms. The molecule has 10 atom stereocenters. The number of benzene rings is 1. The molecule has 87 heavy (non-hydrogen) atoms. The topological polar surface area (TPSA) is 441 Å². The first-order valence-corrected chi connectivity index (χ1v) is 29.8. The normalized spacial score (nSPS) is 16.4. The van der Waals surface area contributed by atoms with Gasteiger partial charge < -0.3 is 79.2 Å². The number of aromatic amines is 1. The van der Waals surface area contributed by atoms with Crippen LogP contribution in [0.1, 0.15) is 130 Å². The molecular weight excluding hydrogens is 1130 g/mol. The number of H-pyrrole nitrogens is 1. The largest absolute Gasteiger partial charge is 0.480 e. The Morgan fingerprint density at radius 2 is 1.34 bits per heavy atom. The van der Waals surface area contributed by atoms with E-state index in [1.54, 1.807) is 76.4 Å². The maximum Gasteiger partial charge on any atom is 0.326 e. The van der Waals surface area contributed by atoms with Crippen molar-refractivity contribution in [2.24, 2.45) is 28.3 Å². The molecule has 3 rings (SSSR count). The second kappa shape index (κ2) is 38.8. The molecule has 1 saturated heterocycles. The van der Waals surface area contributed by atoms with Crippen molar-refractivity contribution in [3.05, 3.63) is 66.3 Å². The van der Waals surface area contributed by atoms with Crippen LogP contribution in [0, 0.1) is 11.8 Å². The van der Waals surface area contributed by atoms with Gasteiger partial charge in [0.05, 0.1) is 44.1 Å². The summed E-state index contributed by atoms with van der Waals surface area (Å²) in [6.45, 7) is 9.63. The van der Waals surface area contributed by atoms with E-state index in [4.69, 9.17) is 11.5 Å². The molecule has 0 aliphatic carbocycles. The van der Waals surface area contributed by atoms with Crippen molar-refractivity contribution >= 4 is 71.3 Å². The van der Waals surface area contributed by atoms with Crippen LogP contribution in [0.2, 0.25) is 0 Å². The van der Waals surface area contributed by atoms with Crippen LogP contribution in [0.15, 0.2) is 60.0 Å². The number of amides is 10. The lowest BCUT2D eigenvalue weighted by atomic mass is 10.0. The molecular formula is C59H92N14O14. The number of hydrogen-bond donors (Lipinski definition) is 14. The Morgan fingerprint density at radius 3 is 1.95 bits per heavy atom. The van der Waals surface area contributed by atoms with Crippen LogP contribution in [0.4, 0.5) is 0 Å². The molecule has 28 nitrogen and oxygen atoms in total. The maximum atomic E-state index is 14.2. The molecule has 10 amide bonds. The number of imidazole rings is 1. The van der Waals surface area contributed by atoms with Crippen LogP contribution < -0.4 is 54.0 Å². The predicted octanol–water partition coefficient (Wildman–Crippen LogP) is -1.17. The molecule has 1 aromatic carbocycles. The summed E-state index contributed by atoms with van der Waals surface area (Å²) in [5.74, 6) is -10.2. The van der Waals surface area contributed by atoms with E-state index in [1.807, 2.05) is 0 Å². The number of hydrogen-bond acceptors (Lipinski definition) is 16. The van der Waals surface area contributed by atoms with Crippen LogP contribution in [-0.2, 0) is 65.6 Å². The lowest BCUT2D eigenvalue weighted by Gasteiger charge is -2.28. The summed E-state index contributed by atoms with van der Waals surface area (Å²) in [6.07, 6.45) is 10.5. The summed E-state index contributed by atoms with van der Waals surface area (Å²) in [5.41, 5.74) is 12.7. The van der Waals surface area contributed by atoms with Crippen LogP contribution in [0.25, 0.3) is 0 Å². The van der Waals surface area contributed by atoms with E-state index < -0.39 is 145 Å². The first-order chi connectivity index (χ1) is 41.3. The van der Waals surface area contributed by atoms with Gasteiger partial charge in [-0.05, 0) is 81.8 Å². The van der Waals surface area contributed by atoms with Gasteiger partial charge in [-0.15, -0.1) is 0 Å². The Morgan fingerprint density at radius 1 is 0.724 bits per heavy atom. The van der Waals surface area contributed by atoms with Crippen molar-refractivity contribution in [2.75, 3.05) is 26.2 Å². The highest BCUT2D eigenvalue weighted by molar-refractivity contribution is 5.99. The minimum absolute atomic E-state index is 0.0200. The monoisotopic (exact) mass is 1220 g/mol. The number of aliphatic imine (C=N–C) groups is 1. The number of rotatable bonds is 40. The molecule has 0 radical (unpaired) electrons. The Labute approximate surface area is 507 Å². The van der Waals surface area contributed by atoms with Crippen LogP contribution in [0.5, 0.6) is 0 Å². The molecule has 1 aliphatic rings. The Balaban J connectivity index is 1.63. The fraction of sp³-hybridized carbons (Fsp3) is 0.610. The number of carboxylic acids is 1. The summed E-state index contributed by atoms with van der Waals surface area (Å²) in [5, 5.41) is 50.3. The van der Waals surface area contributed by atoms with Gasteiger partial charge in [-0.1, -0.05) is 90.3 Å². The highest BCUT2D eigenvalue weighted by Crippen LogP contribution is 2.19. The number of nitrogens with zero attached hydrogens (tertiary/aromatic N) is 3. The van der Waals surface area contributed by atoms with Gasteiger partial charge in [-0.25, -0.2) is 9.78 Å². The molecule has 1 aliphatic heterocycles. The number of nitrogens with two attached hydrogens (primary N) is 2. The molecule has 2 aromatic rings. The molecule has 2 heterocycles. The second-order valence-electron chi connectivity index (χ2n) is 22.6. The second-order valence-corrected chi connectivity index (χ2v) is 22.6. The number of primary amides is 1. The number of unbranched alkanes of at least 4 members (excludes halogenated alkanes) is 3. The molecule has 16 N–H and O–H groups in total. The number of aliphatic carboxylic acids is 1. The van der Waals surface area contributed by atoms with Gasteiger partial charge in [-0.2, -0.15) is 0 Å². The number of carboxylic acid groups (broad SMARTS) is 1. The third-order valence-electron chi connectivity index (χ3n) is 14.0. The number of aromatic nitrogens is 2. The van der Waals surface area contributed by atoms with E-state index in [0.717, 1.165) is 24.2 Å². The van der Waals surface area contributed by atoms with Gasteiger partial charge in [0.1, 0.15) is 42.3 Å². The molecule has 0 saturated carbocycles. The van der Waals surface area contributed by atoms with E-state index in [9.17, 15) is 68.1 Å². The third kappa shape index (κ3) is 27.9. The molecule has 28 heteroatoms. The Hall–Kier alpha value is -8.11. The minimum atomic E-state index is -1.67. The maximum absolute atomic E-state index is 14.2. The van der Waals surface area contributed by atoms with E-state index in [1.165, 1.54) is 19.4 Å². The van der Waals surface area contributed by atoms with Gasteiger partial charge in [-0.3, -0.25) is 52.9 Å².